The Hall–Kier alpha value is -2.68. The molecule has 0 fully saturated rings. The smallest absolute Gasteiger partial charge is 0.289 e. The highest BCUT2D eigenvalue weighted by Crippen LogP contribution is 2.37. The summed E-state index contributed by atoms with van der Waals surface area (Å²) >= 11 is 13.1. The van der Waals surface area contributed by atoms with E-state index in [2.05, 4.69) is 4.98 Å². The summed E-state index contributed by atoms with van der Waals surface area (Å²) in [6.07, 6.45) is 1.54. The van der Waals surface area contributed by atoms with Crippen LogP contribution in [0.5, 0.6) is 0 Å². The Bertz CT molecular complexity index is 1450. The van der Waals surface area contributed by atoms with Gasteiger partial charge in [-0.05, 0) is 24.6 Å². The lowest BCUT2D eigenvalue weighted by Crippen LogP contribution is -2.39. The van der Waals surface area contributed by atoms with Crippen LogP contribution in [-0.2, 0) is 20.5 Å². The number of pyridine rings is 1. The maximum Gasteiger partial charge on any atom is 0.332 e. The van der Waals surface area contributed by atoms with Crippen LogP contribution in [0.3, 0.4) is 0 Å². The van der Waals surface area contributed by atoms with Gasteiger partial charge in [0, 0.05) is 35.1 Å². The SMILES string of the molecule is CCc1nc2c(c3c1C(=O)C(Sc1cc(Cl)cc(Cl)c1)=CC3=O)c(=O)n(C)c(=O)n2C. The van der Waals surface area contributed by atoms with Gasteiger partial charge in [0.25, 0.3) is 5.56 Å². The Balaban J connectivity index is 1.98. The number of nitrogens with zero attached hydrogens (tertiary/aromatic N) is 3. The van der Waals surface area contributed by atoms with Crippen LogP contribution in [0.4, 0.5) is 0 Å². The van der Waals surface area contributed by atoms with Crippen LogP contribution in [0.15, 0.2) is 43.7 Å². The monoisotopic (exact) mass is 475 g/mol. The second-order valence-corrected chi connectivity index (χ2v) is 8.96. The molecule has 0 N–H and O–H groups in total. The number of hydrogen-bond acceptors (Lipinski definition) is 6. The quantitative estimate of drug-likeness (QED) is 0.574. The fraction of sp³-hybridized carbons (Fsp3) is 0.190. The molecule has 3 aromatic rings. The number of rotatable bonds is 3. The molecule has 7 nitrogen and oxygen atoms in total. The molecule has 0 bridgehead atoms. The predicted octanol–water partition coefficient (Wildman–Crippen LogP) is 3.56. The van der Waals surface area contributed by atoms with Gasteiger partial charge in [0.15, 0.2) is 5.78 Å². The minimum absolute atomic E-state index is 0.0171. The molecule has 0 atom stereocenters. The molecule has 0 unspecified atom stereocenters. The zero-order chi connectivity index (χ0) is 22.6. The van der Waals surface area contributed by atoms with Gasteiger partial charge < -0.3 is 0 Å². The summed E-state index contributed by atoms with van der Waals surface area (Å²) in [5, 5.41) is 0.759. The number of halogens is 2. The van der Waals surface area contributed by atoms with Crippen molar-refractivity contribution in [3.05, 3.63) is 76.9 Å². The molecule has 10 heteroatoms. The Morgan fingerprint density at radius 3 is 2.23 bits per heavy atom. The highest BCUT2D eigenvalue weighted by molar-refractivity contribution is 8.04. The molecule has 0 aliphatic heterocycles. The molecule has 0 saturated heterocycles. The summed E-state index contributed by atoms with van der Waals surface area (Å²) in [5.41, 5.74) is -0.733. The van der Waals surface area contributed by atoms with Crippen LogP contribution >= 0.6 is 35.0 Å². The summed E-state index contributed by atoms with van der Waals surface area (Å²) in [7, 11) is 2.79. The van der Waals surface area contributed by atoms with Crippen LogP contribution < -0.4 is 11.2 Å². The average molecular weight is 476 g/mol. The van der Waals surface area contributed by atoms with Crippen LogP contribution in [0.1, 0.15) is 33.3 Å². The van der Waals surface area contributed by atoms with E-state index in [0.29, 0.717) is 27.1 Å². The molecule has 0 saturated carbocycles. The average Bonchev–Trinajstić information content (AvgIpc) is 2.72. The molecule has 1 aliphatic carbocycles. The summed E-state index contributed by atoms with van der Waals surface area (Å²) in [5.74, 6) is -0.916. The van der Waals surface area contributed by atoms with Crippen molar-refractivity contribution in [2.75, 3.05) is 0 Å². The maximum absolute atomic E-state index is 13.4. The van der Waals surface area contributed by atoms with Crippen LogP contribution in [0.25, 0.3) is 11.0 Å². The van der Waals surface area contributed by atoms with Crippen LogP contribution in [0, 0.1) is 0 Å². The lowest BCUT2D eigenvalue weighted by atomic mass is 9.90. The number of carbonyl (C=O) groups excluding carboxylic acids is 2. The number of aromatic nitrogens is 3. The summed E-state index contributed by atoms with van der Waals surface area (Å²) in [6.45, 7) is 1.78. The van der Waals surface area contributed by atoms with Crippen molar-refractivity contribution in [2.24, 2.45) is 14.1 Å². The molecule has 0 radical (unpaired) electrons. The summed E-state index contributed by atoms with van der Waals surface area (Å²) in [4.78, 5) is 56.9. The Kier molecular flexibility index (Phi) is 5.41. The molecule has 4 rings (SSSR count). The van der Waals surface area contributed by atoms with Gasteiger partial charge >= 0.3 is 5.69 Å². The molecule has 31 heavy (non-hydrogen) atoms. The minimum Gasteiger partial charge on any atom is -0.289 e. The van der Waals surface area contributed by atoms with Crippen molar-refractivity contribution in [3.63, 3.8) is 0 Å². The van der Waals surface area contributed by atoms with Crippen molar-refractivity contribution in [1.82, 2.24) is 14.1 Å². The van der Waals surface area contributed by atoms with Crippen molar-refractivity contribution < 1.29 is 9.59 Å². The standard InChI is InChI=1S/C21H15Cl2N3O4S/c1-4-12-15-16(17-19(24-12)25(2)21(30)26(3)20(17)29)13(27)8-14(18(15)28)31-11-6-9(22)5-10(23)7-11/h5-8H,4H2,1-3H3. The first-order valence-corrected chi connectivity index (χ1v) is 10.8. The number of aryl methyl sites for hydroxylation is 2. The van der Waals surface area contributed by atoms with E-state index >= 15 is 0 Å². The largest absolute Gasteiger partial charge is 0.332 e. The van der Waals surface area contributed by atoms with E-state index in [-0.39, 0.29) is 27.1 Å². The Morgan fingerprint density at radius 1 is 0.968 bits per heavy atom. The van der Waals surface area contributed by atoms with E-state index in [1.54, 1.807) is 25.1 Å². The maximum atomic E-state index is 13.4. The van der Waals surface area contributed by atoms with E-state index in [9.17, 15) is 19.2 Å². The van der Waals surface area contributed by atoms with E-state index in [0.717, 1.165) is 16.3 Å². The molecular formula is C21H15Cl2N3O4S. The number of carbonyl (C=O) groups is 2. The van der Waals surface area contributed by atoms with E-state index < -0.39 is 22.8 Å². The highest BCUT2D eigenvalue weighted by atomic mass is 35.5. The summed E-state index contributed by atoms with van der Waals surface area (Å²) < 4.78 is 2.10. The number of allylic oxidation sites excluding steroid dienone is 2. The summed E-state index contributed by atoms with van der Waals surface area (Å²) in [6, 6.07) is 4.84. The second kappa shape index (κ2) is 7.78. The molecule has 1 aromatic carbocycles. The number of ketones is 2. The van der Waals surface area contributed by atoms with Gasteiger partial charge in [-0.25, -0.2) is 9.78 Å². The third kappa shape index (κ3) is 3.44. The van der Waals surface area contributed by atoms with Crippen LogP contribution in [-0.4, -0.2) is 25.7 Å². The third-order valence-corrected chi connectivity index (χ3v) is 6.45. The van der Waals surface area contributed by atoms with Gasteiger partial charge in [0.2, 0.25) is 5.78 Å². The van der Waals surface area contributed by atoms with Crippen molar-refractivity contribution in [3.8, 4) is 0 Å². The lowest BCUT2D eigenvalue weighted by molar-refractivity contribution is 0.0991. The van der Waals surface area contributed by atoms with E-state index in [4.69, 9.17) is 23.2 Å². The van der Waals surface area contributed by atoms with Gasteiger partial charge in [0.05, 0.1) is 27.1 Å². The predicted molar refractivity (Wildman–Crippen MR) is 121 cm³/mol. The van der Waals surface area contributed by atoms with Gasteiger partial charge in [-0.3, -0.25) is 23.5 Å². The number of fused-ring (bicyclic) bond motifs is 3. The first-order valence-electron chi connectivity index (χ1n) is 9.21. The van der Waals surface area contributed by atoms with Crippen molar-refractivity contribution >= 4 is 57.6 Å². The number of hydrogen-bond donors (Lipinski definition) is 0. The Morgan fingerprint density at radius 2 is 1.61 bits per heavy atom. The second-order valence-electron chi connectivity index (χ2n) is 6.98. The third-order valence-electron chi connectivity index (χ3n) is 5.02. The molecule has 0 spiro atoms. The lowest BCUT2D eigenvalue weighted by Gasteiger charge is -2.20. The van der Waals surface area contributed by atoms with Gasteiger partial charge in [-0.2, -0.15) is 0 Å². The molecule has 158 valence electrons. The Labute approximate surface area is 190 Å². The van der Waals surface area contributed by atoms with Gasteiger partial charge in [0.1, 0.15) is 5.65 Å². The van der Waals surface area contributed by atoms with Crippen molar-refractivity contribution in [2.45, 2.75) is 18.2 Å². The topological polar surface area (TPSA) is 91.0 Å². The van der Waals surface area contributed by atoms with Gasteiger partial charge in [-0.15, -0.1) is 0 Å². The zero-order valence-electron chi connectivity index (χ0n) is 16.7. The first kappa shape index (κ1) is 21.5. The minimum atomic E-state index is -0.670. The fourth-order valence-corrected chi connectivity index (χ4v) is 5.20. The number of Topliss-reactive ketones (excluding diaryl/α,β-unsaturated/α-hetero) is 1. The normalized spacial score (nSPS) is 13.5. The molecule has 1 aliphatic rings. The first-order chi connectivity index (χ1) is 14.6. The molecule has 2 heterocycles. The zero-order valence-corrected chi connectivity index (χ0v) is 19.0. The van der Waals surface area contributed by atoms with Crippen molar-refractivity contribution in [1.29, 1.82) is 0 Å². The van der Waals surface area contributed by atoms with Crippen LogP contribution in [0.2, 0.25) is 10.0 Å². The van der Waals surface area contributed by atoms with E-state index in [1.165, 1.54) is 24.7 Å². The number of thioether (sulfide) groups is 1. The molecule has 2 aromatic heterocycles. The molecular weight excluding hydrogens is 461 g/mol. The van der Waals surface area contributed by atoms with Gasteiger partial charge in [-0.1, -0.05) is 41.9 Å². The fourth-order valence-electron chi connectivity index (χ4n) is 3.55. The number of benzene rings is 1. The highest BCUT2D eigenvalue weighted by Gasteiger charge is 2.33. The molecule has 0 amide bonds. The van der Waals surface area contributed by atoms with E-state index in [1.807, 2.05) is 0 Å².